The first kappa shape index (κ1) is 22.6. The van der Waals surface area contributed by atoms with Crippen molar-refractivity contribution in [2.75, 3.05) is 46.3 Å². The van der Waals surface area contributed by atoms with Crippen molar-refractivity contribution in [2.45, 2.75) is 26.8 Å². The summed E-state index contributed by atoms with van der Waals surface area (Å²) in [6.07, 6.45) is 3.88. The van der Waals surface area contributed by atoms with Crippen LogP contribution in [-0.2, 0) is 22.4 Å². The van der Waals surface area contributed by atoms with E-state index < -0.39 is 0 Å². The maximum absolute atomic E-state index is 12.4. The highest BCUT2D eigenvalue weighted by atomic mass is 16.5. The summed E-state index contributed by atoms with van der Waals surface area (Å²) in [5.41, 5.74) is 10.4. The van der Waals surface area contributed by atoms with E-state index in [0.717, 1.165) is 28.1 Å². The number of pyridine rings is 2. The van der Waals surface area contributed by atoms with Crippen LogP contribution < -0.4 is 5.73 Å². The van der Waals surface area contributed by atoms with Gasteiger partial charge < -0.3 is 24.7 Å². The molecule has 0 unspecified atom stereocenters. The van der Waals surface area contributed by atoms with Crippen molar-refractivity contribution in [2.24, 2.45) is 0 Å². The van der Waals surface area contributed by atoms with Gasteiger partial charge in [-0.1, -0.05) is 0 Å². The maximum Gasteiger partial charge on any atom is 0.255 e. The number of anilines is 1. The van der Waals surface area contributed by atoms with Crippen LogP contribution in [0.4, 0.5) is 5.82 Å². The number of carbonyl (C=O) groups is 1. The van der Waals surface area contributed by atoms with Gasteiger partial charge in [-0.2, -0.15) is 0 Å². The van der Waals surface area contributed by atoms with Gasteiger partial charge in [-0.3, -0.25) is 9.78 Å². The second-order valence-electron chi connectivity index (χ2n) is 7.41. The lowest BCUT2D eigenvalue weighted by Crippen LogP contribution is -2.30. The number of amides is 1. The molecule has 2 N–H and O–H groups in total. The molecule has 0 spiro atoms. The van der Waals surface area contributed by atoms with Gasteiger partial charge in [0.2, 0.25) is 0 Å². The minimum Gasteiger partial charge on any atom is -0.384 e. The predicted molar refractivity (Wildman–Crippen MR) is 119 cm³/mol. The molecule has 0 fully saturated rings. The van der Waals surface area contributed by atoms with E-state index in [0.29, 0.717) is 50.7 Å². The molecule has 9 nitrogen and oxygen atoms in total. The summed E-state index contributed by atoms with van der Waals surface area (Å²) >= 11 is 0. The van der Waals surface area contributed by atoms with Gasteiger partial charge in [0.25, 0.3) is 5.91 Å². The number of fused-ring (bicyclic) bond motifs is 1. The molecule has 0 aliphatic carbocycles. The van der Waals surface area contributed by atoms with Crippen molar-refractivity contribution in [3.63, 3.8) is 0 Å². The number of nitrogens with zero attached hydrogens (tertiary/aromatic N) is 5. The van der Waals surface area contributed by atoms with E-state index in [2.05, 4.69) is 14.5 Å². The number of methoxy groups -OCH3 is 1. The molecule has 0 aliphatic rings. The van der Waals surface area contributed by atoms with Crippen LogP contribution in [0.3, 0.4) is 0 Å². The number of hydrogen-bond acceptors (Lipinski definition) is 7. The van der Waals surface area contributed by atoms with Gasteiger partial charge in [0, 0.05) is 51.8 Å². The van der Waals surface area contributed by atoms with E-state index >= 15 is 0 Å². The molecule has 0 radical (unpaired) electrons. The molecule has 0 saturated carbocycles. The van der Waals surface area contributed by atoms with Gasteiger partial charge in [-0.15, -0.1) is 0 Å². The molecule has 0 saturated heterocycles. The standard InChI is InChI=1S/C22H30N6O3/c1-15-16(2)25-21(23)19-20(15)28(18(26-19)7-11-30-4)10-13-31-12-9-27(3)22(29)17-6-5-8-24-14-17/h5-6,8,14H,7,9-13H2,1-4H3,(H2,23,25). The molecule has 0 bridgehead atoms. The highest BCUT2D eigenvalue weighted by Crippen LogP contribution is 2.26. The molecule has 9 heteroatoms. The van der Waals surface area contributed by atoms with E-state index in [-0.39, 0.29) is 5.91 Å². The maximum atomic E-state index is 12.4. The second kappa shape index (κ2) is 10.3. The third-order valence-electron chi connectivity index (χ3n) is 5.29. The lowest BCUT2D eigenvalue weighted by Gasteiger charge is -2.17. The average Bonchev–Trinajstić information content (AvgIpc) is 3.14. The third kappa shape index (κ3) is 5.18. The third-order valence-corrected chi connectivity index (χ3v) is 5.29. The Morgan fingerprint density at radius 2 is 2.03 bits per heavy atom. The quantitative estimate of drug-likeness (QED) is 0.494. The molecule has 166 valence electrons. The van der Waals surface area contributed by atoms with Crippen LogP contribution in [0, 0.1) is 13.8 Å². The number of hydrogen-bond donors (Lipinski definition) is 1. The van der Waals surface area contributed by atoms with Crippen LogP contribution in [0.25, 0.3) is 11.0 Å². The van der Waals surface area contributed by atoms with Crippen molar-refractivity contribution in [3.8, 4) is 0 Å². The molecule has 31 heavy (non-hydrogen) atoms. The van der Waals surface area contributed by atoms with E-state index in [1.165, 1.54) is 0 Å². The molecule has 3 rings (SSSR count). The highest BCUT2D eigenvalue weighted by molar-refractivity contribution is 5.93. The van der Waals surface area contributed by atoms with Crippen LogP contribution >= 0.6 is 0 Å². The van der Waals surface area contributed by atoms with Crippen molar-refractivity contribution < 1.29 is 14.3 Å². The van der Waals surface area contributed by atoms with Crippen LogP contribution in [-0.4, -0.2) is 70.8 Å². The fourth-order valence-electron chi connectivity index (χ4n) is 3.44. The molecule has 1 amide bonds. The first-order valence-electron chi connectivity index (χ1n) is 10.3. The van der Waals surface area contributed by atoms with Crippen molar-refractivity contribution in [3.05, 3.63) is 47.2 Å². The van der Waals surface area contributed by atoms with E-state index in [1.54, 1.807) is 43.6 Å². The van der Waals surface area contributed by atoms with Gasteiger partial charge in [-0.05, 0) is 31.5 Å². The summed E-state index contributed by atoms with van der Waals surface area (Å²) in [5.74, 6) is 1.26. The lowest BCUT2D eigenvalue weighted by atomic mass is 10.2. The number of nitrogens with two attached hydrogens (primary N) is 1. The zero-order chi connectivity index (χ0) is 22.4. The Balaban J connectivity index is 1.63. The average molecular weight is 427 g/mol. The number of carbonyl (C=O) groups excluding carboxylic acids is 1. The van der Waals surface area contributed by atoms with Gasteiger partial charge in [0.1, 0.15) is 11.3 Å². The number of aromatic nitrogens is 4. The summed E-state index contributed by atoms with van der Waals surface area (Å²) in [5, 5.41) is 0. The second-order valence-corrected chi connectivity index (χ2v) is 7.41. The SMILES string of the molecule is COCCc1nc2c(N)nc(C)c(C)c2n1CCOCCN(C)C(=O)c1cccnc1. The van der Waals surface area contributed by atoms with Crippen molar-refractivity contribution in [1.29, 1.82) is 0 Å². The zero-order valence-corrected chi connectivity index (χ0v) is 18.6. The van der Waals surface area contributed by atoms with Crippen LogP contribution in [0.5, 0.6) is 0 Å². The molecule has 3 aromatic rings. The highest BCUT2D eigenvalue weighted by Gasteiger charge is 2.17. The van der Waals surface area contributed by atoms with E-state index in [4.69, 9.17) is 20.2 Å². The lowest BCUT2D eigenvalue weighted by molar-refractivity contribution is 0.0684. The van der Waals surface area contributed by atoms with Gasteiger partial charge in [0.05, 0.1) is 30.9 Å². The Bertz CT molecular complexity index is 1030. The Morgan fingerprint density at radius 1 is 1.23 bits per heavy atom. The first-order valence-corrected chi connectivity index (χ1v) is 10.3. The normalized spacial score (nSPS) is 11.2. The summed E-state index contributed by atoms with van der Waals surface area (Å²) in [6, 6.07) is 3.50. The number of aryl methyl sites for hydroxylation is 2. The fourth-order valence-corrected chi connectivity index (χ4v) is 3.44. The van der Waals surface area contributed by atoms with Crippen LogP contribution in [0.1, 0.15) is 27.4 Å². The predicted octanol–water partition coefficient (Wildman–Crippen LogP) is 2.00. The molecule has 3 aromatic heterocycles. The summed E-state index contributed by atoms with van der Waals surface area (Å²) in [4.78, 5) is 27.1. The molecule has 0 aromatic carbocycles. The molecular formula is C22H30N6O3. The first-order chi connectivity index (χ1) is 14.9. The molecular weight excluding hydrogens is 396 g/mol. The van der Waals surface area contributed by atoms with Crippen molar-refractivity contribution in [1.82, 2.24) is 24.4 Å². The summed E-state index contributed by atoms with van der Waals surface area (Å²) in [7, 11) is 3.43. The fraction of sp³-hybridized carbons (Fsp3) is 0.455. The van der Waals surface area contributed by atoms with E-state index in [1.807, 2.05) is 13.8 Å². The Hall–Kier alpha value is -3.04. The monoisotopic (exact) mass is 426 g/mol. The van der Waals surface area contributed by atoms with Crippen LogP contribution in [0.2, 0.25) is 0 Å². The summed E-state index contributed by atoms with van der Waals surface area (Å²) < 4.78 is 13.2. The molecule has 0 atom stereocenters. The Labute approximate surface area is 182 Å². The van der Waals surface area contributed by atoms with Crippen LogP contribution in [0.15, 0.2) is 24.5 Å². The summed E-state index contributed by atoms with van der Waals surface area (Å²) in [6.45, 7) is 6.58. The van der Waals surface area contributed by atoms with Gasteiger partial charge in [-0.25, -0.2) is 9.97 Å². The van der Waals surface area contributed by atoms with Gasteiger partial charge >= 0.3 is 0 Å². The topological polar surface area (TPSA) is 108 Å². The zero-order valence-electron chi connectivity index (χ0n) is 18.6. The van der Waals surface area contributed by atoms with Crippen molar-refractivity contribution >= 4 is 22.8 Å². The number of nitrogen functional groups attached to an aromatic ring is 1. The largest absolute Gasteiger partial charge is 0.384 e. The number of likely N-dealkylation sites (N-methyl/N-ethyl adjacent to an activating group) is 1. The minimum absolute atomic E-state index is 0.0757. The number of ether oxygens (including phenoxy) is 2. The van der Waals surface area contributed by atoms with E-state index in [9.17, 15) is 4.79 Å². The minimum atomic E-state index is -0.0757. The Kier molecular flexibility index (Phi) is 7.54. The number of imidazole rings is 1. The van der Waals surface area contributed by atoms with Gasteiger partial charge in [0.15, 0.2) is 5.82 Å². The molecule has 0 aliphatic heterocycles. The number of rotatable bonds is 10. The Morgan fingerprint density at radius 3 is 2.74 bits per heavy atom. The molecule has 3 heterocycles. The smallest absolute Gasteiger partial charge is 0.255 e.